The largest absolute Gasteiger partial charge is 0.396 e. The topological polar surface area (TPSA) is 95.9 Å². The summed E-state index contributed by atoms with van der Waals surface area (Å²) in [6, 6.07) is 14.2. The normalized spacial score (nSPS) is 12.5. The Labute approximate surface area is 197 Å². The molecular formula is C24H23N5O2S2. The van der Waals surface area contributed by atoms with Crippen molar-refractivity contribution < 1.29 is 8.95 Å². The van der Waals surface area contributed by atoms with E-state index in [0.29, 0.717) is 34.3 Å². The summed E-state index contributed by atoms with van der Waals surface area (Å²) in [5.41, 5.74) is 11.5. The summed E-state index contributed by atoms with van der Waals surface area (Å²) in [5, 5.41) is 6.15. The molecule has 5 aromatic rings. The van der Waals surface area contributed by atoms with Crippen LogP contribution in [0.15, 0.2) is 59.1 Å². The van der Waals surface area contributed by atoms with E-state index in [9.17, 15) is 4.21 Å². The van der Waals surface area contributed by atoms with Gasteiger partial charge >= 0.3 is 0 Å². The lowest BCUT2D eigenvalue weighted by Gasteiger charge is -2.09. The third-order valence-corrected chi connectivity index (χ3v) is 8.40. The molecule has 5 rings (SSSR count). The Morgan fingerprint density at radius 3 is 2.79 bits per heavy atom. The molecule has 0 aliphatic rings. The summed E-state index contributed by atoms with van der Waals surface area (Å²) in [7, 11) is 2.31. The van der Waals surface area contributed by atoms with E-state index in [-0.39, 0.29) is 0 Å². The molecule has 0 amide bonds. The molecule has 0 saturated heterocycles. The van der Waals surface area contributed by atoms with Gasteiger partial charge < -0.3 is 10.5 Å². The molecule has 7 nitrogen and oxygen atoms in total. The first kappa shape index (κ1) is 21.7. The van der Waals surface area contributed by atoms with E-state index in [2.05, 4.69) is 10.1 Å². The van der Waals surface area contributed by atoms with E-state index in [1.165, 1.54) is 11.3 Å². The van der Waals surface area contributed by atoms with Gasteiger partial charge in [0.05, 0.1) is 22.2 Å². The Morgan fingerprint density at radius 2 is 2.00 bits per heavy atom. The van der Waals surface area contributed by atoms with Crippen LogP contribution in [0.5, 0.6) is 0 Å². The number of nitrogen functional groups attached to an aromatic ring is 1. The molecule has 168 valence electrons. The first-order chi connectivity index (χ1) is 16.0. The van der Waals surface area contributed by atoms with Crippen LogP contribution in [0.25, 0.3) is 43.6 Å². The molecule has 1 aromatic carbocycles. The number of nitrogens with two attached hydrogens (primary N) is 1. The van der Waals surface area contributed by atoms with Crippen molar-refractivity contribution in [2.24, 2.45) is 7.05 Å². The zero-order valence-electron chi connectivity index (χ0n) is 18.3. The second-order valence-electron chi connectivity index (χ2n) is 7.74. The molecule has 9 heteroatoms. The van der Waals surface area contributed by atoms with Gasteiger partial charge in [-0.05, 0) is 29.7 Å². The fourth-order valence-electron chi connectivity index (χ4n) is 3.86. The third-order valence-electron chi connectivity index (χ3n) is 5.40. The van der Waals surface area contributed by atoms with Crippen molar-refractivity contribution in [3.05, 3.63) is 54.9 Å². The Morgan fingerprint density at radius 1 is 1.18 bits per heavy atom. The minimum absolute atomic E-state index is 0.500. The fraction of sp³-hybridized carbons (Fsp3) is 0.208. The lowest BCUT2D eigenvalue weighted by atomic mass is 10.0. The number of anilines is 1. The number of aryl methyl sites for hydroxylation is 1. The van der Waals surface area contributed by atoms with Crippen LogP contribution in [0, 0.1) is 0 Å². The van der Waals surface area contributed by atoms with E-state index in [4.69, 9.17) is 15.5 Å². The predicted octanol–water partition coefficient (Wildman–Crippen LogP) is 4.64. The van der Waals surface area contributed by atoms with Crippen LogP contribution in [0.1, 0.15) is 6.42 Å². The van der Waals surface area contributed by atoms with Gasteiger partial charge in [-0.15, -0.1) is 11.3 Å². The van der Waals surface area contributed by atoms with E-state index in [1.54, 1.807) is 18.0 Å². The number of pyridine rings is 2. The Kier molecular flexibility index (Phi) is 5.92. The highest BCUT2D eigenvalue weighted by Gasteiger charge is 2.21. The van der Waals surface area contributed by atoms with Gasteiger partial charge in [-0.1, -0.05) is 30.3 Å². The quantitative estimate of drug-likeness (QED) is 0.343. The molecule has 0 aliphatic carbocycles. The van der Waals surface area contributed by atoms with E-state index in [0.717, 1.165) is 38.0 Å². The van der Waals surface area contributed by atoms with Crippen molar-refractivity contribution in [1.29, 1.82) is 0 Å². The van der Waals surface area contributed by atoms with Gasteiger partial charge in [0.15, 0.2) is 5.65 Å². The maximum atomic E-state index is 13.0. The van der Waals surface area contributed by atoms with Crippen LogP contribution < -0.4 is 5.73 Å². The maximum Gasteiger partial charge on any atom is 0.181 e. The second kappa shape index (κ2) is 9.01. The average Bonchev–Trinajstić information content (AvgIpc) is 3.37. The van der Waals surface area contributed by atoms with Crippen LogP contribution >= 0.6 is 11.3 Å². The molecule has 0 aliphatic heterocycles. The summed E-state index contributed by atoms with van der Waals surface area (Å²) in [5.74, 6) is 0.500. The molecule has 1 unspecified atom stereocenters. The molecule has 4 aromatic heterocycles. The lowest BCUT2D eigenvalue weighted by Crippen LogP contribution is -2.02. The van der Waals surface area contributed by atoms with E-state index >= 15 is 0 Å². The highest BCUT2D eigenvalue weighted by molar-refractivity contribution is 7.87. The monoisotopic (exact) mass is 477 g/mol. The van der Waals surface area contributed by atoms with Crippen LogP contribution in [0.3, 0.4) is 0 Å². The zero-order chi connectivity index (χ0) is 22.9. The van der Waals surface area contributed by atoms with Crippen molar-refractivity contribution in [2.75, 3.05) is 25.2 Å². The highest BCUT2D eigenvalue weighted by Crippen LogP contribution is 2.42. The van der Waals surface area contributed by atoms with Gasteiger partial charge in [-0.3, -0.25) is 8.89 Å². The number of benzene rings is 1. The summed E-state index contributed by atoms with van der Waals surface area (Å²) >= 11 is 1.40. The van der Waals surface area contributed by atoms with Gasteiger partial charge in [0.2, 0.25) is 0 Å². The van der Waals surface area contributed by atoms with Crippen LogP contribution in [0.4, 0.5) is 5.69 Å². The van der Waals surface area contributed by atoms with Crippen LogP contribution in [-0.4, -0.2) is 43.4 Å². The molecule has 2 N–H and O–H groups in total. The standard InChI is InChI=1S/C24H23N5O2S2/c1-29-14-17-11-16(13-26-22(17)28-29)19-12-18(15-7-4-3-5-8-15)20-21(25)24(32-23(20)27-19)33(30)10-6-9-31-2/h3-5,7-8,11-14H,6,9-10,25H2,1-2H3. The van der Waals surface area contributed by atoms with Crippen molar-refractivity contribution >= 4 is 49.1 Å². The van der Waals surface area contributed by atoms with Crippen molar-refractivity contribution in [3.63, 3.8) is 0 Å². The summed E-state index contributed by atoms with van der Waals surface area (Å²) < 4.78 is 20.5. The molecule has 0 saturated carbocycles. The number of hydrogen-bond acceptors (Lipinski definition) is 7. The van der Waals surface area contributed by atoms with Gasteiger partial charge in [-0.2, -0.15) is 5.10 Å². The first-order valence-corrected chi connectivity index (χ1v) is 12.6. The maximum absolute atomic E-state index is 13.0. The number of hydrogen-bond donors (Lipinski definition) is 1. The molecule has 33 heavy (non-hydrogen) atoms. The minimum Gasteiger partial charge on any atom is -0.396 e. The number of fused-ring (bicyclic) bond motifs is 2. The van der Waals surface area contributed by atoms with E-state index < -0.39 is 10.8 Å². The average molecular weight is 478 g/mol. The molecule has 0 radical (unpaired) electrons. The van der Waals surface area contributed by atoms with Crippen molar-refractivity contribution in [1.82, 2.24) is 19.7 Å². The number of ether oxygens (including phenoxy) is 1. The third kappa shape index (κ3) is 4.15. The number of thiophene rings is 1. The van der Waals surface area contributed by atoms with Gasteiger partial charge in [0.25, 0.3) is 0 Å². The highest BCUT2D eigenvalue weighted by atomic mass is 32.2. The van der Waals surface area contributed by atoms with Crippen molar-refractivity contribution in [3.8, 4) is 22.4 Å². The molecule has 1 atom stereocenters. The van der Waals surface area contributed by atoms with Crippen molar-refractivity contribution in [2.45, 2.75) is 10.6 Å². The Hall–Kier alpha value is -3.14. The molecule has 0 spiro atoms. The zero-order valence-corrected chi connectivity index (χ0v) is 19.9. The summed E-state index contributed by atoms with van der Waals surface area (Å²) in [4.78, 5) is 10.2. The molecular weight excluding hydrogens is 454 g/mol. The Bertz CT molecular complexity index is 1480. The van der Waals surface area contributed by atoms with Gasteiger partial charge in [0, 0.05) is 55.2 Å². The van der Waals surface area contributed by atoms with Gasteiger partial charge in [0.1, 0.15) is 9.04 Å². The number of nitrogens with zero attached hydrogens (tertiary/aromatic N) is 4. The SMILES string of the molecule is COCCCS(=O)c1sc2nc(-c3cnc4nn(C)cc4c3)cc(-c3ccccc3)c2c1N. The van der Waals surface area contributed by atoms with Crippen LogP contribution in [-0.2, 0) is 22.6 Å². The number of aromatic nitrogens is 4. The second-order valence-corrected chi connectivity index (χ2v) is 10.5. The number of rotatable bonds is 7. The van der Waals surface area contributed by atoms with E-state index in [1.807, 2.05) is 55.7 Å². The Balaban J connectivity index is 1.68. The molecule has 4 heterocycles. The minimum atomic E-state index is -1.21. The number of methoxy groups -OCH3 is 1. The lowest BCUT2D eigenvalue weighted by molar-refractivity contribution is 0.200. The fourth-order valence-corrected chi connectivity index (χ4v) is 6.49. The summed E-state index contributed by atoms with van der Waals surface area (Å²) in [6.07, 6.45) is 4.43. The van der Waals surface area contributed by atoms with Gasteiger partial charge in [-0.25, -0.2) is 9.97 Å². The first-order valence-electron chi connectivity index (χ1n) is 10.5. The van der Waals surface area contributed by atoms with Crippen LogP contribution in [0.2, 0.25) is 0 Å². The molecule has 0 bridgehead atoms. The molecule has 0 fully saturated rings. The predicted molar refractivity (Wildman–Crippen MR) is 135 cm³/mol. The summed E-state index contributed by atoms with van der Waals surface area (Å²) in [6.45, 7) is 0.567. The smallest absolute Gasteiger partial charge is 0.181 e.